The molecule has 0 radical (unpaired) electrons. The number of carbonyl (C=O) groups is 1. The molecular weight excluding hydrogens is 398 g/mol. The molecule has 2 aliphatic rings. The second-order valence-electron chi connectivity index (χ2n) is 7.65. The lowest BCUT2D eigenvalue weighted by Crippen LogP contribution is -2.42. The predicted molar refractivity (Wildman–Crippen MR) is 113 cm³/mol. The summed E-state index contributed by atoms with van der Waals surface area (Å²) in [6.45, 7) is 4.17. The molecule has 1 aromatic carbocycles. The number of methoxy groups -OCH3 is 1. The van der Waals surface area contributed by atoms with Crippen molar-refractivity contribution in [3.8, 4) is 5.75 Å². The minimum atomic E-state index is -0.576. The first kappa shape index (κ1) is 19.7. The summed E-state index contributed by atoms with van der Waals surface area (Å²) in [5, 5.41) is 0.420. The lowest BCUT2D eigenvalue weighted by Gasteiger charge is -2.30. The van der Waals surface area contributed by atoms with Crippen LogP contribution in [0.1, 0.15) is 27.9 Å². The number of pyridine rings is 1. The van der Waals surface area contributed by atoms with Crippen molar-refractivity contribution in [3.05, 3.63) is 69.8 Å². The van der Waals surface area contributed by atoms with Gasteiger partial charge in [0.05, 0.1) is 37.0 Å². The number of carbonyl (C=O) groups excluding carboxylic acids is 1. The fourth-order valence-corrected chi connectivity index (χ4v) is 4.28. The number of benzene rings is 1. The summed E-state index contributed by atoms with van der Waals surface area (Å²) in [6, 6.07) is 9.97. The molecule has 31 heavy (non-hydrogen) atoms. The average Bonchev–Trinajstić information content (AvgIpc) is 3.10. The molecule has 0 N–H and O–H groups in total. The summed E-state index contributed by atoms with van der Waals surface area (Å²) in [7, 11) is 1.54. The maximum Gasteiger partial charge on any atom is 0.291 e. The Balaban J connectivity index is 1.59. The number of morpholine rings is 1. The first-order chi connectivity index (χ1) is 15.2. The van der Waals surface area contributed by atoms with Crippen LogP contribution in [0.3, 0.4) is 0 Å². The van der Waals surface area contributed by atoms with Gasteiger partial charge in [-0.1, -0.05) is 6.07 Å². The molecule has 1 atom stereocenters. The van der Waals surface area contributed by atoms with Gasteiger partial charge in [0, 0.05) is 38.4 Å². The highest BCUT2D eigenvalue weighted by molar-refractivity contribution is 5.99. The topological polar surface area (TPSA) is 85.1 Å². The van der Waals surface area contributed by atoms with E-state index < -0.39 is 6.04 Å². The van der Waals surface area contributed by atoms with Crippen LogP contribution in [0.2, 0.25) is 0 Å². The van der Waals surface area contributed by atoms with E-state index in [1.807, 2.05) is 18.2 Å². The second kappa shape index (κ2) is 8.13. The first-order valence-corrected chi connectivity index (χ1v) is 10.3. The Labute approximate surface area is 179 Å². The van der Waals surface area contributed by atoms with Crippen LogP contribution in [-0.4, -0.2) is 67.2 Å². The quantitative estimate of drug-likeness (QED) is 0.624. The van der Waals surface area contributed by atoms with E-state index in [1.165, 1.54) is 0 Å². The van der Waals surface area contributed by atoms with Gasteiger partial charge in [-0.15, -0.1) is 0 Å². The fraction of sp³-hybridized carbons (Fsp3) is 0.348. The van der Waals surface area contributed by atoms with Gasteiger partial charge in [0.2, 0.25) is 5.76 Å². The maximum atomic E-state index is 13.5. The summed E-state index contributed by atoms with van der Waals surface area (Å²) in [5.74, 6) is 0.357. The molecule has 1 amide bonds. The number of aromatic nitrogens is 1. The van der Waals surface area contributed by atoms with Gasteiger partial charge >= 0.3 is 0 Å². The molecule has 1 saturated heterocycles. The average molecular weight is 421 g/mol. The Kier molecular flexibility index (Phi) is 5.17. The number of hydrogen-bond donors (Lipinski definition) is 0. The lowest BCUT2D eigenvalue weighted by atomic mass is 10.0. The van der Waals surface area contributed by atoms with Crippen molar-refractivity contribution in [2.75, 3.05) is 46.5 Å². The zero-order valence-corrected chi connectivity index (χ0v) is 17.2. The van der Waals surface area contributed by atoms with Crippen molar-refractivity contribution in [3.63, 3.8) is 0 Å². The smallest absolute Gasteiger partial charge is 0.291 e. The van der Waals surface area contributed by atoms with Crippen LogP contribution in [0.15, 0.2) is 51.8 Å². The van der Waals surface area contributed by atoms with Crippen molar-refractivity contribution >= 4 is 16.9 Å². The zero-order valence-electron chi connectivity index (χ0n) is 17.2. The summed E-state index contributed by atoms with van der Waals surface area (Å²) >= 11 is 0. The van der Waals surface area contributed by atoms with Crippen molar-refractivity contribution < 1.29 is 18.7 Å². The number of ether oxygens (including phenoxy) is 2. The van der Waals surface area contributed by atoms with Gasteiger partial charge in [-0.2, -0.15) is 0 Å². The van der Waals surface area contributed by atoms with E-state index in [-0.39, 0.29) is 17.1 Å². The molecule has 0 bridgehead atoms. The minimum absolute atomic E-state index is 0.0865. The molecule has 0 saturated carbocycles. The number of amides is 1. The highest BCUT2D eigenvalue weighted by Gasteiger charge is 2.43. The van der Waals surface area contributed by atoms with E-state index >= 15 is 0 Å². The largest absolute Gasteiger partial charge is 0.497 e. The number of nitrogens with zero attached hydrogens (tertiary/aromatic N) is 3. The van der Waals surface area contributed by atoms with Gasteiger partial charge in [-0.3, -0.25) is 19.5 Å². The van der Waals surface area contributed by atoms with Crippen LogP contribution in [0.4, 0.5) is 0 Å². The van der Waals surface area contributed by atoms with Gasteiger partial charge in [0.1, 0.15) is 17.4 Å². The van der Waals surface area contributed by atoms with Gasteiger partial charge in [-0.25, -0.2) is 0 Å². The molecule has 2 aliphatic heterocycles. The molecule has 0 spiro atoms. The Morgan fingerprint density at radius 1 is 1.13 bits per heavy atom. The highest BCUT2D eigenvalue weighted by Crippen LogP contribution is 2.37. The summed E-state index contributed by atoms with van der Waals surface area (Å²) in [5.41, 5.74) is 1.13. The lowest BCUT2D eigenvalue weighted by molar-refractivity contribution is 0.0314. The third kappa shape index (κ3) is 3.47. The first-order valence-electron chi connectivity index (χ1n) is 10.3. The molecule has 1 unspecified atom stereocenters. The van der Waals surface area contributed by atoms with Gasteiger partial charge in [0.25, 0.3) is 5.91 Å². The number of rotatable bonds is 5. The molecule has 4 heterocycles. The summed E-state index contributed by atoms with van der Waals surface area (Å²) in [4.78, 5) is 35.3. The third-order valence-electron chi connectivity index (χ3n) is 5.90. The zero-order chi connectivity index (χ0) is 21.4. The van der Waals surface area contributed by atoms with Gasteiger partial charge in [0.15, 0.2) is 5.43 Å². The van der Waals surface area contributed by atoms with Crippen LogP contribution in [0, 0.1) is 0 Å². The predicted octanol–water partition coefficient (Wildman–Crippen LogP) is 2.07. The van der Waals surface area contributed by atoms with E-state index in [1.54, 1.807) is 36.4 Å². The summed E-state index contributed by atoms with van der Waals surface area (Å²) < 4.78 is 16.6. The van der Waals surface area contributed by atoms with E-state index in [2.05, 4.69) is 9.88 Å². The van der Waals surface area contributed by atoms with Crippen LogP contribution in [0.25, 0.3) is 11.0 Å². The molecular formula is C23H23N3O5. The highest BCUT2D eigenvalue weighted by atomic mass is 16.5. The Morgan fingerprint density at radius 2 is 1.97 bits per heavy atom. The molecule has 5 rings (SSSR count). The molecule has 0 aliphatic carbocycles. The fourth-order valence-electron chi connectivity index (χ4n) is 4.28. The van der Waals surface area contributed by atoms with Crippen LogP contribution in [0.5, 0.6) is 5.75 Å². The summed E-state index contributed by atoms with van der Waals surface area (Å²) in [6.07, 6.45) is 1.67. The minimum Gasteiger partial charge on any atom is -0.497 e. The van der Waals surface area contributed by atoms with Crippen molar-refractivity contribution in [2.24, 2.45) is 0 Å². The standard InChI is InChI=1S/C23H23N3O5/c1-29-15-5-6-16-18(14-15)31-22-19(21(16)27)20(17-4-2-3-7-24-17)26(23(22)28)9-8-25-10-12-30-13-11-25/h2-7,14,20H,8-13H2,1H3. The normalized spacial score (nSPS) is 19.1. The van der Waals surface area contributed by atoms with Crippen LogP contribution < -0.4 is 10.2 Å². The Hall–Kier alpha value is -3.23. The van der Waals surface area contributed by atoms with Gasteiger partial charge in [-0.05, 0) is 24.3 Å². The molecule has 8 nitrogen and oxygen atoms in total. The number of fused-ring (bicyclic) bond motifs is 2. The van der Waals surface area contributed by atoms with Crippen molar-refractivity contribution in [2.45, 2.75) is 6.04 Å². The van der Waals surface area contributed by atoms with Crippen molar-refractivity contribution in [1.29, 1.82) is 0 Å². The molecule has 1 fully saturated rings. The van der Waals surface area contributed by atoms with Gasteiger partial charge < -0.3 is 18.8 Å². The van der Waals surface area contributed by atoms with E-state index in [4.69, 9.17) is 13.9 Å². The SMILES string of the molecule is COc1ccc2c(=O)c3c(oc2c1)C(=O)N(CCN1CCOCC1)C3c1ccccn1. The van der Waals surface area contributed by atoms with E-state index in [0.717, 1.165) is 13.1 Å². The second-order valence-corrected chi connectivity index (χ2v) is 7.65. The van der Waals surface area contributed by atoms with E-state index in [9.17, 15) is 9.59 Å². The molecule has 2 aromatic heterocycles. The van der Waals surface area contributed by atoms with Crippen LogP contribution in [-0.2, 0) is 4.74 Å². The van der Waals surface area contributed by atoms with E-state index in [0.29, 0.717) is 54.3 Å². The molecule has 8 heteroatoms. The molecule has 3 aromatic rings. The molecule has 160 valence electrons. The van der Waals surface area contributed by atoms with Crippen LogP contribution >= 0.6 is 0 Å². The Bertz CT molecular complexity index is 1170. The Morgan fingerprint density at radius 3 is 2.71 bits per heavy atom. The maximum absolute atomic E-state index is 13.5. The monoisotopic (exact) mass is 421 g/mol. The number of hydrogen-bond acceptors (Lipinski definition) is 7. The van der Waals surface area contributed by atoms with Crippen molar-refractivity contribution in [1.82, 2.24) is 14.8 Å². The third-order valence-corrected chi connectivity index (χ3v) is 5.90.